The number of nitrogens with one attached hydrogen (secondary N) is 1. The van der Waals surface area contributed by atoms with Crippen LogP contribution in [-0.4, -0.2) is 31.1 Å². The molecule has 1 rings (SSSR count). The molecule has 11 heavy (non-hydrogen) atoms. The molecule has 1 saturated heterocycles. The Bertz CT molecular complexity index is 144. The smallest absolute Gasteiger partial charge is 0.0604 e. The Morgan fingerprint density at radius 2 is 2.09 bits per heavy atom. The van der Waals surface area contributed by atoms with Gasteiger partial charge in [-0.25, -0.2) is 0 Å². The van der Waals surface area contributed by atoms with Gasteiger partial charge in [0.1, 0.15) is 0 Å². The van der Waals surface area contributed by atoms with Crippen LogP contribution < -0.4 is 5.32 Å². The van der Waals surface area contributed by atoms with Gasteiger partial charge >= 0.3 is 0 Å². The molecule has 1 fully saturated rings. The van der Waals surface area contributed by atoms with Gasteiger partial charge in [-0.2, -0.15) is 0 Å². The van der Waals surface area contributed by atoms with E-state index in [0.717, 1.165) is 26.2 Å². The first-order valence-electron chi connectivity index (χ1n) is 4.10. The maximum Gasteiger partial charge on any atom is 0.0604 e. The van der Waals surface area contributed by atoms with Crippen LogP contribution in [0, 0.1) is 6.20 Å². The minimum absolute atomic E-state index is 1.08. The third-order valence-electron chi connectivity index (χ3n) is 1.66. The summed E-state index contributed by atoms with van der Waals surface area (Å²) in [6.45, 7) is 6.32. The Kier molecular flexibility index (Phi) is 3.76. The maximum absolute atomic E-state index is 3.29. The summed E-state index contributed by atoms with van der Waals surface area (Å²) in [5, 5.41) is 3.29. The topological polar surface area (TPSA) is 15.3 Å². The molecule has 61 valence electrons. The van der Waals surface area contributed by atoms with Crippen molar-refractivity contribution in [1.82, 2.24) is 10.2 Å². The Balaban J connectivity index is 2.23. The molecule has 2 nitrogen and oxygen atoms in total. The molecule has 0 atom stereocenters. The van der Waals surface area contributed by atoms with Crippen molar-refractivity contribution in [3.05, 3.63) is 24.4 Å². The molecular formula is C9H15N2. The lowest BCUT2D eigenvalue weighted by Gasteiger charge is -2.24. The number of hydrogen-bond acceptors (Lipinski definition) is 2. The first kappa shape index (κ1) is 8.34. The van der Waals surface area contributed by atoms with Crippen molar-refractivity contribution >= 4 is 0 Å². The highest BCUT2D eigenvalue weighted by molar-refractivity contribution is 4.97. The average molecular weight is 151 g/mol. The lowest BCUT2D eigenvalue weighted by atomic mass is 10.4. The monoisotopic (exact) mass is 151 g/mol. The number of piperazine rings is 1. The van der Waals surface area contributed by atoms with Crippen molar-refractivity contribution in [3.8, 4) is 0 Å². The van der Waals surface area contributed by atoms with E-state index in [-0.39, 0.29) is 0 Å². The van der Waals surface area contributed by atoms with E-state index < -0.39 is 0 Å². The first-order chi connectivity index (χ1) is 5.43. The zero-order valence-electron chi connectivity index (χ0n) is 7.01. The third kappa shape index (κ3) is 3.23. The predicted molar refractivity (Wildman–Crippen MR) is 47.1 cm³/mol. The Hall–Kier alpha value is -0.760. The highest BCUT2D eigenvalue weighted by Crippen LogP contribution is 1.91. The predicted octanol–water partition coefficient (Wildman–Crippen LogP) is 0.785. The number of rotatable bonds is 2. The summed E-state index contributed by atoms with van der Waals surface area (Å²) < 4.78 is 0. The van der Waals surface area contributed by atoms with E-state index in [1.807, 2.05) is 25.2 Å². The standard InChI is InChI=1S/C9H15N2/c1-2-3-4-7-11-8-5-10-6-9-11/h2-4,10H,5-6,8-9H2,1H3/b3-2+,7-4?. The fraction of sp³-hybridized carbons (Fsp3) is 0.556. The normalized spacial score (nSPS) is 20.3. The van der Waals surface area contributed by atoms with Crippen molar-refractivity contribution in [2.75, 3.05) is 26.2 Å². The molecule has 0 saturated carbocycles. The summed E-state index contributed by atoms with van der Waals surface area (Å²) in [5.41, 5.74) is 0. The second-order valence-corrected chi connectivity index (χ2v) is 2.56. The van der Waals surface area contributed by atoms with Crippen molar-refractivity contribution in [2.24, 2.45) is 0 Å². The number of allylic oxidation sites excluding steroid dienone is 3. The van der Waals surface area contributed by atoms with Crippen LogP contribution in [0.25, 0.3) is 0 Å². The summed E-state index contributed by atoms with van der Waals surface area (Å²) >= 11 is 0. The molecule has 0 spiro atoms. The van der Waals surface area contributed by atoms with Crippen LogP contribution >= 0.6 is 0 Å². The summed E-state index contributed by atoms with van der Waals surface area (Å²) in [7, 11) is 0. The fourth-order valence-corrected chi connectivity index (χ4v) is 1.04. The van der Waals surface area contributed by atoms with Gasteiger partial charge in [0.05, 0.1) is 6.20 Å². The molecule has 0 aromatic heterocycles. The second-order valence-electron chi connectivity index (χ2n) is 2.56. The fourth-order valence-electron chi connectivity index (χ4n) is 1.04. The lowest BCUT2D eigenvalue weighted by Crippen LogP contribution is -2.40. The molecule has 1 aliphatic heterocycles. The summed E-state index contributed by atoms with van der Waals surface area (Å²) in [4.78, 5) is 2.20. The zero-order valence-corrected chi connectivity index (χ0v) is 7.01. The Morgan fingerprint density at radius 1 is 1.36 bits per heavy atom. The van der Waals surface area contributed by atoms with Crippen LogP contribution in [0.15, 0.2) is 18.2 Å². The molecule has 2 heteroatoms. The highest BCUT2D eigenvalue weighted by atomic mass is 15.2. The van der Waals surface area contributed by atoms with Gasteiger partial charge in [-0.15, -0.1) is 0 Å². The molecule has 1 heterocycles. The summed E-state index contributed by atoms with van der Waals surface area (Å²) in [5.74, 6) is 0. The molecule has 0 aromatic carbocycles. The van der Waals surface area contributed by atoms with Gasteiger partial charge in [-0.1, -0.05) is 12.2 Å². The second kappa shape index (κ2) is 4.97. The quantitative estimate of drug-likeness (QED) is 0.587. The largest absolute Gasteiger partial charge is 0.367 e. The molecule has 0 bridgehead atoms. The van der Waals surface area contributed by atoms with Gasteiger partial charge in [-0.3, -0.25) is 0 Å². The van der Waals surface area contributed by atoms with E-state index in [2.05, 4.69) is 16.4 Å². The average Bonchev–Trinajstić information content (AvgIpc) is 2.07. The summed E-state index contributed by atoms with van der Waals surface area (Å²) in [6, 6.07) is 0. The Labute approximate surface area is 68.6 Å². The van der Waals surface area contributed by atoms with Gasteiger partial charge < -0.3 is 10.2 Å². The molecule has 1 radical (unpaired) electrons. The minimum atomic E-state index is 1.08. The summed E-state index contributed by atoms with van der Waals surface area (Å²) in [6.07, 6.45) is 9.18. The van der Waals surface area contributed by atoms with Crippen LogP contribution in [0.1, 0.15) is 6.92 Å². The van der Waals surface area contributed by atoms with Crippen LogP contribution in [-0.2, 0) is 0 Å². The molecule has 0 amide bonds. The van der Waals surface area contributed by atoms with Crippen LogP contribution in [0.4, 0.5) is 0 Å². The van der Waals surface area contributed by atoms with E-state index in [4.69, 9.17) is 0 Å². The van der Waals surface area contributed by atoms with Gasteiger partial charge in [-0.05, 0) is 13.0 Å². The van der Waals surface area contributed by atoms with Gasteiger partial charge in [0.15, 0.2) is 0 Å². The molecule has 1 N–H and O–H groups in total. The van der Waals surface area contributed by atoms with E-state index in [9.17, 15) is 0 Å². The van der Waals surface area contributed by atoms with E-state index in [1.165, 1.54) is 0 Å². The maximum atomic E-state index is 3.29. The highest BCUT2D eigenvalue weighted by Gasteiger charge is 2.03. The molecule has 0 unspecified atom stereocenters. The van der Waals surface area contributed by atoms with Crippen molar-refractivity contribution in [3.63, 3.8) is 0 Å². The zero-order chi connectivity index (χ0) is 7.94. The van der Waals surface area contributed by atoms with Crippen LogP contribution in [0.5, 0.6) is 0 Å². The van der Waals surface area contributed by atoms with Crippen molar-refractivity contribution in [1.29, 1.82) is 0 Å². The molecule has 1 aliphatic rings. The van der Waals surface area contributed by atoms with Crippen molar-refractivity contribution < 1.29 is 0 Å². The van der Waals surface area contributed by atoms with Crippen molar-refractivity contribution in [2.45, 2.75) is 6.92 Å². The van der Waals surface area contributed by atoms with Crippen LogP contribution in [0.2, 0.25) is 0 Å². The van der Waals surface area contributed by atoms with Gasteiger partial charge in [0.25, 0.3) is 0 Å². The number of hydrogen-bond donors (Lipinski definition) is 1. The SMILES string of the molecule is C/C=C/C=[C]\N1CCNCC1. The van der Waals surface area contributed by atoms with Crippen LogP contribution in [0.3, 0.4) is 0 Å². The van der Waals surface area contributed by atoms with Gasteiger partial charge in [0.2, 0.25) is 0 Å². The van der Waals surface area contributed by atoms with E-state index >= 15 is 0 Å². The van der Waals surface area contributed by atoms with E-state index in [1.54, 1.807) is 0 Å². The Morgan fingerprint density at radius 3 is 2.73 bits per heavy atom. The lowest BCUT2D eigenvalue weighted by molar-refractivity contribution is 0.311. The minimum Gasteiger partial charge on any atom is -0.367 e. The molecule has 0 aliphatic carbocycles. The molecule has 0 aromatic rings. The van der Waals surface area contributed by atoms with E-state index in [0.29, 0.717) is 0 Å². The van der Waals surface area contributed by atoms with Gasteiger partial charge in [0, 0.05) is 26.2 Å². The molecular weight excluding hydrogens is 136 g/mol. The number of nitrogens with zero attached hydrogens (tertiary/aromatic N) is 1. The first-order valence-corrected chi connectivity index (χ1v) is 4.10. The third-order valence-corrected chi connectivity index (χ3v) is 1.66.